The number of carboxylic acids is 1. The zero-order valence-electron chi connectivity index (χ0n) is 13.2. The minimum Gasteiger partial charge on any atom is -0.478 e. The lowest BCUT2D eigenvalue weighted by Crippen LogP contribution is -2.24. The average molecular weight is 309 g/mol. The SMILES string of the molecule is O=C(O)c1ccc(CNCC2CCCC2c2ccccc2)cc1. The first-order valence-corrected chi connectivity index (χ1v) is 8.32. The summed E-state index contributed by atoms with van der Waals surface area (Å²) in [4.78, 5) is 10.9. The van der Waals surface area contributed by atoms with E-state index in [1.165, 1.54) is 24.8 Å². The van der Waals surface area contributed by atoms with Crippen molar-refractivity contribution in [1.82, 2.24) is 5.32 Å². The maximum atomic E-state index is 10.9. The summed E-state index contributed by atoms with van der Waals surface area (Å²) in [7, 11) is 0. The van der Waals surface area contributed by atoms with Crippen molar-refractivity contribution in [2.45, 2.75) is 31.7 Å². The van der Waals surface area contributed by atoms with E-state index < -0.39 is 5.97 Å². The summed E-state index contributed by atoms with van der Waals surface area (Å²) in [5, 5.41) is 12.5. The molecule has 3 rings (SSSR count). The largest absolute Gasteiger partial charge is 0.478 e. The minimum atomic E-state index is -0.874. The fourth-order valence-electron chi connectivity index (χ4n) is 3.59. The molecule has 2 unspecified atom stereocenters. The van der Waals surface area contributed by atoms with Crippen molar-refractivity contribution in [2.24, 2.45) is 5.92 Å². The highest BCUT2D eigenvalue weighted by Crippen LogP contribution is 2.39. The number of carboxylic acid groups (broad SMARTS) is 1. The Balaban J connectivity index is 1.52. The second-order valence-electron chi connectivity index (χ2n) is 6.34. The van der Waals surface area contributed by atoms with Gasteiger partial charge in [0.05, 0.1) is 5.56 Å². The molecule has 0 bridgehead atoms. The number of hydrogen-bond donors (Lipinski definition) is 2. The quantitative estimate of drug-likeness (QED) is 0.846. The van der Waals surface area contributed by atoms with Gasteiger partial charge in [0.1, 0.15) is 0 Å². The van der Waals surface area contributed by atoms with Crippen molar-refractivity contribution < 1.29 is 9.90 Å². The smallest absolute Gasteiger partial charge is 0.335 e. The predicted molar refractivity (Wildman–Crippen MR) is 91.6 cm³/mol. The molecule has 0 aromatic heterocycles. The second-order valence-corrected chi connectivity index (χ2v) is 6.34. The molecule has 1 fully saturated rings. The lowest BCUT2D eigenvalue weighted by molar-refractivity contribution is 0.0697. The standard InChI is InChI=1S/C20H23NO2/c22-20(23)17-11-9-15(10-12-17)13-21-14-18-7-4-8-19(18)16-5-2-1-3-6-16/h1-3,5-6,9-12,18-19,21H,4,7-8,13-14H2,(H,22,23). The summed E-state index contributed by atoms with van der Waals surface area (Å²) >= 11 is 0. The zero-order chi connectivity index (χ0) is 16.1. The Bertz CT molecular complexity index is 636. The Kier molecular flexibility index (Phi) is 5.09. The average Bonchev–Trinajstić information content (AvgIpc) is 3.05. The first-order chi connectivity index (χ1) is 11.2. The number of nitrogens with one attached hydrogen (secondary N) is 1. The van der Waals surface area contributed by atoms with E-state index in [-0.39, 0.29) is 0 Å². The molecule has 23 heavy (non-hydrogen) atoms. The van der Waals surface area contributed by atoms with Gasteiger partial charge < -0.3 is 10.4 Å². The Hall–Kier alpha value is -2.13. The molecular weight excluding hydrogens is 286 g/mol. The van der Waals surface area contributed by atoms with E-state index in [2.05, 4.69) is 35.6 Å². The van der Waals surface area contributed by atoms with Gasteiger partial charge in [-0.3, -0.25) is 0 Å². The molecule has 0 heterocycles. The van der Waals surface area contributed by atoms with Crippen molar-refractivity contribution in [3.63, 3.8) is 0 Å². The zero-order valence-corrected chi connectivity index (χ0v) is 13.2. The van der Waals surface area contributed by atoms with Crippen LogP contribution >= 0.6 is 0 Å². The third-order valence-corrected chi connectivity index (χ3v) is 4.82. The Morgan fingerprint density at radius 2 is 1.78 bits per heavy atom. The number of carbonyl (C=O) groups is 1. The lowest BCUT2D eigenvalue weighted by atomic mass is 9.89. The molecule has 0 amide bonds. The maximum absolute atomic E-state index is 10.9. The summed E-state index contributed by atoms with van der Waals surface area (Å²) in [6.07, 6.45) is 3.87. The van der Waals surface area contributed by atoms with Crippen molar-refractivity contribution >= 4 is 5.97 Å². The Labute approximate surface area is 137 Å². The summed E-state index contributed by atoms with van der Waals surface area (Å²) in [6.45, 7) is 1.80. The van der Waals surface area contributed by atoms with E-state index in [1.807, 2.05) is 12.1 Å². The molecule has 2 aromatic rings. The molecule has 1 aliphatic carbocycles. The van der Waals surface area contributed by atoms with Crippen LogP contribution in [0.5, 0.6) is 0 Å². The molecule has 1 aliphatic rings. The van der Waals surface area contributed by atoms with Gasteiger partial charge in [-0.1, -0.05) is 48.9 Å². The highest BCUT2D eigenvalue weighted by atomic mass is 16.4. The predicted octanol–water partition coefficient (Wildman–Crippen LogP) is 4.06. The molecule has 0 saturated heterocycles. The molecule has 2 N–H and O–H groups in total. The van der Waals surface area contributed by atoms with Gasteiger partial charge in [-0.15, -0.1) is 0 Å². The van der Waals surface area contributed by atoms with Crippen molar-refractivity contribution in [3.8, 4) is 0 Å². The van der Waals surface area contributed by atoms with Crippen LogP contribution in [0.2, 0.25) is 0 Å². The molecule has 120 valence electrons. The molecule has 0 spiro atoms. The van der Waals surface area contributed by atoms with Crippen LogP contribution in [0.1, 0.15) is 46.7 Å². The molecule has 1 saturated carbocycles. The summed E-state index contributed by atoms with van der Waals surface area (Å²) in [5.41, 5.74) is 2.93. The van der Waals surface area contributed by atoms with E-state index in [0.717, 1.165) is 18.7 Å². The molecule has 2 atom stereocenters. The van der Waals surface area contributed by atoms with E-state index in [4.69, 9.17) is 5.11 Å². The van der Waals surface area contributed by atoms with Gasteiger partial charge in [0, 0.05) is 6.54 Å². The van der Waals surface area contributed by atoms with E-state index in [9.17, 15) is 4.79 Å². The minimum absolute atomic E-state index is 0.341. The van der Waals surface area contributed by atoms with Gasteiger partial charge in [0.15, 0.2) is 0 Å². The lowest BCUT2D eigenvalue weighted by Gasteiger charge is -2.20. The molecule has 3 heteroatoms. The first kappa shape index (κ1) is 15.8. The topological polar surface area (TPSA) is 49.3 Å². The van der Waals surface area contributed by atoms with Crippen LogP contribution in [-0.4, -0.2) is 17.6 Å². The molecule has 0 radical (unpaired) electrons. The highest BCUT2D eigenvalue weighted by Gasteiger charge is 2.27. The molecular formula is C20H23NO2. The van der Waals surface area contributed by atoms with E-state index >= 15 is 0 Å². The van der Waals surface area contributed by atoms with Crippen LogP contribution in [0.4, 0.5) is 0 Å². The molecule has 2 aromatic carbocycles. The second kappa shape index (κ2) is 7.42. The fourth-order valence-corrected chi connectivity index (χ4v) is 3.59. The van der Waals surface area contributed by atoms with Crippen molar-refractivity contribution in [3.05, 3.63) is 71.3 Å². The fraction of sp³-hybridized carbons (Fsp3) is 0.350. The normalized spacial score (nSPS) is 20.5. The van der Waals surface area contributed by atoms with Crippen LogP contribution in [-0.2, 0) is 6.54 Å². The highest BCUT2D eigenvalue weighted by molar-refractivity contribution is 5.87. The van der Waals surface area contributed by atoms with Crippen molar-refractivity contribution in [2.75, 3.05) is 6.54 Å². The summed E-state index contributed by atoms with van der Waals surface area (Å²) in [6, 6.07) is 17.9. The van der Waals surface area contributed by atoms with Gasteiger partial charge in [-0.25, -0.2) is 4.79 Å². The van der Waals surface area contributed by atoms with E-state index in [1.54, 1.807) is 12.1 Å². The van der Waals surface area contributed by atoms with E-state index in [0.29, 0.717) is 17.4 Å². The van der Waals surface area contributed by atoms with Crippen LogP contribution in [0.25, 0.3) is 0 Å². The van der Waals surface area contributed by atoms with Gasteiger partial charge in [0.25, 0.3) is 0 Å². The van der Waals surface area contributed by atoms with Crippen LogP contribution < -0.4 is 5.32 Å². The van der Waals surface area contributed by atoms with Crippen LogP contribution in [0.15, 0.2) is 54.6 Å². The molecule has 0 aliphatic heterocycles. The summed E-state index contributed by atoms with van der Waals surface area (Å²) < 4.78 is 0. The van der Waals surface area contributed by atoms with Gasteiger partial charge in [-0.05, 0) is 54.5 Å². The molecule has 3 nitrogen and oxygen atoms in total. The van der Waals surface area contributed by atoms with Gasteiger partial charge in [-0.2, -0.15) is 0 Å². The Morgan fingerprint density at radius 3 is 2.48 bits per heavy atom. The third kappa shape index (κ3) is 3.99. The van der Waals surface area contributed by atoms with Gasteiger partial charge in [0.2, 0.25) is 0 Å². The number of hydrogen-bond acceptors (Lipinski definition) is 2. The van der Waals surface area contributed by atoms with Crippen molar-refractivity contribution in [1.29, 1.82) is 0 Å². The monoisotopic (exact) mass is 309 g/mol. The summed E-state index contributed by atoms with van der Waals surface area (Å²) in [5.74, 6) is 0.481. The van der Waals surface area contributed by atoms with Crippen LogP contribution in [0.3, 0.4) is 0 Å². The van der Waals surface area contributed by atoms with Gasteiger partial charge >= 0.3 is 5.97 Å². The first-order valence-electron chi connectivity index (χ1n) is 8.32. The number of benzene rings is 2. The Morgan fingerprint density at radius 1 is 1.04 bits per heavy atom. The number of rotatable bonds is 6. The number of aromatic carboxylic acids is 1. The van der Waals surface area contributed by atoms with Crippen LogP contribution in [0, 0.1) is 5.92 Å². The third-order valence-electron chi connectivity index (χ3n) is 4.82. The maximum Gasteiger partial charge on any atom is 0.335 e.